The minimum atomic E-state index is -0.0610. The molecule has 4 heteroatoms. The summed E-state index contributed by atoms with van der Waals surface area (Å²) < 4.78 is 5.62. The molecule has 0 aliphatic rings. The van der Waals surface area contributed by atoms with Crippen LogP contribution in [0.25, 0.3) is 0 Å². The largest absolute Gasteiger partial charge is 0.423 e. The van der Waals surface area contributed by atoms with E-state index in [9.17, 15) is 0 Å². The van der Waals surface area contributed by atoms with E-state index in [0.29, 0.717) is 11.8 Å². The van der Waals surface area contributed by atoms with Gasteiger partial charge in [-0.05, 0) is 13.1 Å². The van der Waals surface area contributed by atoms with Crippen LogP contribution in [0.1, 0.15) is 46.4 Å². The summed E-state index contributed by atoms with van der Waals surface area (Å²) in [6.45, 7) is 13.2. The van der Waals surface area contributed by atoms with Crippen LogP contribution in [-0.2, 0) is 12.0 Å². The summed E-state index contributed by atoms with van der Waals surface area (Å²) in [5, 5.41) is 8.13. The first-order chi connectivity index (χ1) is 6.97. The Bertz CT molecular complexity index is 297. The lowest BCUT2D eigenvalue weighted by Crippen LogP contribution is -2.22. The zero-order chi connectivity index (χ0) is 11.5. The van der Waals surface area contributed by atoms with E-state index in [2.05, 4.69) is 49.7 Å². The number of rotatable bonds is 4. The Kier molecular flexibility index (Phi) is 3.85. The summed E-state index contributed by atoms with van der Waals surface area (Å²) in [6.07, 6.45) is 0. The van der Waals surface area contributed by atoms with Crippen molar-refractivity contribution >= 4 is 0 Å². The van der Waals surface area contributed by atoms with Gasteiger partial charge in [0.15, 0.2) is 0 Å². The fourth-order valence-corrected chi connectivity index (χ4v) is 1.26. The minimum Gasteiger partial charge on any atom is -0.423 e. The van der Waals surface area contributed by atoms with Gasteiger partial charge in [-0.1, -0.05) is 34.6 Å². The van der Waals surface area contributed by atoms with Gasteiger partial charge in [0, 0.05) is 5.41 Å². The molecule has 1 aromatic heterocycles. The summed E-state index contributed by atoms with van der Waals surface area (Å²) >= 11 is 0. The molecule has 0 radical (unpaired) electrons. The molecule has 0 N–H and O–H groups in total. The third-order valence-electron chi connectivity index (χ3n) is 2.36. The monoisotopic (exact) mass is 211 g/mol. The Labute approximate surface area is 91.7 Å². The van der Waals surface area contributed by atoms with Crippen LogP contribution >= 0.6 is 0 Å². The van der Waals surface area contributed by atoms with E-state index in [0.717, 1.165) is 19.6 Å². The molecule has 0 bridgehead atoms. The second-order valence-corrected chi connectivity index (χ2v) is 4.71. The summed E-state index contributed by atoms with van der Waals surface area (Å²) in [6, 6.07) is 0. The maximum Gasteiger partial charge on any atom is 0.230 e. The Morgan fingerprint density at radius 2 is 1.73 bits per heavy atom. The van der Waals surface area contributed by atoms with Crippen molar-refractivity contribution in [2.75, 3.05) is 13.1 Å². The van der Waals surface area contributed by atoms with Crippen LogP contribution in [0, 0.1) is 0 Å². The Balaban J connectivity index is 2.68. The van der Waals surface area contributed by atoms with Gasteiger partial charge in [-0.15, -0.1) is 10.2 Å². The first kappa shape index (κ1) is 12.2. The topological polar surface area (TPSA) is 42.2 Å². The van der Waals surface area contributed by atoms with Gasteiger partial charge < -0.3 is 4.42 Å². The SMILES string of the molecule is CCN(CC)Cc1nnc(C(C)(C)C)o1. The van der Waals surface area contributed by atoms with Crippen molar-refractivity contribution in [3.05, 3.63) is 11.8 Å². The quantitative estimate of drug-likeness (QED) is 0.765. The molecule has 0 fully saturated rings. The molecule has 0 spiro atoms. The summed E-state index contributed by atoms with van der Waals surface area (Å²) in [5.74, 6) is 1.42. The maximum atomic E-state index is 5.62. The second-order valence-electron chi connectivity index (χ2n) is 4.71. The maximum absolute atomic E-state index is 5.62. The zero-order valence-corrected chi connectivity index (χ0v) is 10.4. The molecule has 1 aromatic rings. The van der Waals surface area contributed by atoms with Crippen LogP contribution in [0.15, 0.2) is 4.42 Å². The Hall–Kier alpha value is -0.900. The molecule has 1 rings (SSSR count). The molecular weight excluding hydrogens is 190 g/mol. The highest BCUT2D eigenvalue weighted by Crippen LogP contribution is 2.20. The van der Waals surface area contributed by atoms with E-state index in [4.69, 9.17) is 4.42 Å². The van der Waals surface area contributed by atoms with Gasteiger partial charge in [0.25, 0.3) is 0 Å². The van der Waals surface area contributed by atoms with Gasteiger partial charge in [0.2, 0.25) is 11.8 Å². The first-order valence-corrected chi connectivity index (χ1v) is 5.52. The van der Waals surface area contributed by atoms with Gasteiger partial charge in [-0.3, -0.25) is 4.90 Å². The normalized spacial score (nSPS) is 12.4. The van der Waals surface area contributed by atoms with Crippen LogP contribution in [0.3, 0.4) is 0 Å². The van der Waals surface area contributed by atoms with Gasteiger partial charge >= 0.3 is 0 Å². The third kappa shape index (κ3) is 3.30. The van der Waals surface area contributed by atoms with E-state index >= 15 is 0 Å². The number of nitrogens with zero attached hydrogens (tertiary/aromatic N) is 3. The van der Waals surface area contributed by atoms with E-state index in [-0.39, 0.29) is 5.41 Å². The fourth-order valence-electron chi connectivity index (χ4n) is 1.26. The lowest BCUT2D eigenvalue weighted by Gasteiger charge is -2.15. The van der Waals surface area contributed by atoms with E-state index < -0.39 is 0 Å². The summed E-state index contributed by atoms with van der Waals surface area (Å²) in [7, 11) is 0. The van der Waals surface area contributed by atoms with Gasteiger partial charge in [-0.25, -0.2) is 0 Å². The van der Waals surface area contributed by atoms with Crippen LogP contribution in [-0.4, -0.2) is 28.2 Å². The van der Waals surface area contributed by atoms with Gasteiger partial charge in [0.05, 0.1) is 6.54 Å². The highest BCUT2D eigenvalue weighted by molar-refractivity contribution is 4.95. The van der Waals surface area contributed by atoms with E-state index in [1.807, 2.05) is 0 Å². The molecule has 0 amide bonds. The van der Waals surface area contributed by atoms with Crippen molar-refractivity contribution in [3.63, 3.8) is 0 Å². The molecule has 0 atom stereocenters. The summed E-state index contributed by atoms with van der Waals surface area (Å²) in [5.41, 5.74) is -0.0610. The average Bonchev–Trinajstić information content (AvgIpc) is 2.61. The molecule has 0 saturated carbocycles. The van der Waals surface area contributed by atoms with Crippen molar-refractivity contribution < 1.29 is 4.42 Å². The molecule has 0 aliphatic carbocycles. The molecule has 4 nitrogen and oxygen atoms in total. The molecule has 0 aliphatic heterocycles. The second kappa shape index (κ2) is 4.75. The number of hydrogen-bond donors (Lipinski definition) is 0. The van der Waals surface area contributed by atoms with Crippen LogP contribution in [0.5, 0.6) is 0 Å². The molecule has 15 heavy (non-hydrogen) atoms. The van der Waals surface area contributed by atoms with E-state index in [1.54, 1.807) is 0 Å². The first-order valence-electron chi connectivity index (χ1n) is 5.52. The van der Waals surface area contributed by atoms with Crippen molar-refractivity contribution in [1.29, 1.82) is 0 Å². The van der Waals surface area contributed by atoms with Crippen LogP contribution < -0.4 is 0 Å². The highest BCUT2D eigenvalue weighted by Gasteiger charge is 2.21. The van der Waals surface area contributed by atoms with Crippen LogP contribution in [0.4, 0.5) is 0 Å². The zero-order valence-electron chi connectivity index (χ0n) is 10.4. The molecule has 0 saturated heterocycles. The molecule has 0 unspecified atom stereocenters. The predicted molar refractivity (Wildman–Crippen MR) is 59.6 cm³/mol. The lowest BCUT2D eigenvalue weighted by atomic mass is 9.97. The van der Waals surface area contributed by atoms with Gasteiger partial charge in [0.1, 0.15) is 0 Å². The fraction of sp³-hybridized carbons (Fsp3) is 0.818. The van der Waals surface area contributed by atoms with Crippen molar-refractivity contribution in [2.45, 2.75) is 46.6 Å². The highest BCUT2D eigenvalue weighted by atomic mass is 16.4. The van der Waals surface area contributed by atoms with Gasteiger partial charge in [-0.2, -0.15) is 0 Å². The van der Waals surface area contributed by atoms with Crippen molar-refractivity contribution in [2.24, 2.45) is 0 Å². The molecule has 86 valence electrons. The van der Waals surface area contributed by atoms with E-state index in [1.165, 1.54) is 0 Å². The number of hydrogen-bond acceptors (Lipinski definition) is 4. The third-order valence-corrected chi connectivity index (χ3v) is 2.36. The summed E-state index contributed by atoms with van der Waals surface area (Å²) in [4.78, 5) is 2.25. The van der Waals surface area contributed by atoms with Crippen molar-refractivity contribution in [3.8, 4) is 0 Å². The number of aromatic nitrogens is 2. The minimum absolute atomic E-state index is 0.0610. The van der Waals surface area contributed by atoms with Crippen molar-refractivity contribution in [1.82, 2.24) is 15.1 Å². The molecule has 1 heterocycles. The molecule has 0 aromatic carbocycles. The molecular formula is C11H21N3O. The lowest BCUT2D eigenvalue weighted by molar-refractivity contribution is 0.253. The Morgan fingerprint density at radius 3 is 2.13 bits per heavy atom. The Morgan fingerprint density at radius 1 is 1.13 bits per heavy atom. The van der Waals surface area contributed by atoms with Crippen LogP contribution in [0.2, 0.25) is 0 Å². The standard InChI is InChI=1S/C11H21N3O/c1-6-14(7-2)8-9-12-13-10(15-9)11(3,4)5/h6-8H2,1-5H3. The average molecular weight is 211 g/mol. The predicted octanol–water partition coefficient (Wildman–Crippen LogP) is 2.21. The smallest absolute Gasteiger partial charge is 0.230 e.